The van der Waals surface area contributed by atoms with Crippen LogP contribution in [0.25, 0.3) is 6.08 Å². The Morgan fingerprint density at radius 1 is 1.28 bits per heavy atom. The summed E-state index contributed by atoms with van der Waals surface area (Å²) in [5, 5.41) is 5.86. The topological polar surface area (TPSA) is 78.5 Å². The molecule has 2 fully saturated rings. The molecule has 29 heavy (non-hydrogen) atoms. The number of benzene rings is 1. The second-order valence-electron chi connectivity index (χ2n) is 8.90. The van der Waals surface area contributed by atoms with Crippen molar-refractivity contribution in [1.82, 2.24) is 15.5 Å². The molecule has 3 amide bonds. The van der Waals surface area contributed by atoms with E-state index in [0.717, 1.165) is 31.2 Å². The van der Waals surface area contributed by atoms with Crippen molar-refractivity contribution in [3.8, 4) is 0 Å². The van der Waals surface area contributed by atoms with Gasteiger partial charge in [-0.25, -0.2) is 0 Å². The number of fused-ring (bicyclic) bond motifs is 1. The molecule has 1 heterocycles. The van der Waals surface area contributed by atoms with Gasteiger partial charge in [-0.05, 0) is 55.4 Å². The first-order valence-corrected chi connectivity index (χ1v) is 10.5. The molecule has 0 bridgehead atoms. The number of hydrogen-bond acceptors (Lipinski definition) is 3. The molecule has 2 aliphatic carbocycles. The van der Waals surface area contributed by atoms with E-state index in [1.54, 1.807) is 4.90 Å². The Hall–Kier alpha value is -2.63. The van der Waals surface area contributed by atoms with Gasteiger partial charge in [0.25, 0.3) is 5.91 Å². The van der Waals surface area contributed by atoms with Gasteiger partial charge in [0.05, 0.1) is 5.41 Å². The molecule has 0 radical (unpaired) electrons. The predicted octanol–water partition coefficient (Wildman–Crippen LogP) is 2.28. The van der Waals surface area contributed by atoms with Crippen LogP contribution in [0.1, 0.15) is 60.5 Å². The van der Waals surface area contributed by atoms with Crippen molar-refractivity contribution in [1.29, 1.82) is 0 Å². The van der Waals surface area contributed by atoms with E-state index in [0.29, 0.717) is 13.0 Å². The summed E-state index contributed by atoms with van der Waals surface area (Å²) in [6.45, 7) is 2.40. The zero-order chi connectivity index (χ0) is 20.6. The SMILES string of the molecule is CN(C(=O)c1ccc2c(c1)CCC=C2)C1CC(NC(=O)C2(C)CCNC(=O)C2)C1. The van der Waals surface area contributed by atoms with Gasteiger partial charge in [0.15, 0.2) is 0 Å². The van der Waals surface area contributed by atoms with Crippen molar-refractivity contribution in [3.63, 3.8) is 0 Å². The summed E-state index contributed by atoms with van der Waals surface area (Å²) in [6.07, 6.45) is 8.68. The van der Waals surface area contributed by atoms with Crippen molar-refractivity contribution in [2.75, 3.05) is 13.6 Å². The highest BCUT2D eigenvalue weighted by molar-refractivity contribution is 5.95. The van der Waals surface area contributed by atoms with Gasteiger partial charge >= 0.3 is 0 Å². The Labute approximate surface area is 171 Å². The zero-order valence-electron chi connectivity index (χ0n) is 17.2. The second kappa shape index (κ2) is 7.65. The molecular formula is C23H29N3O3. The maximum atomic E-state index is 12.9. The van der Waals surface area contributed by atoms with E-state index in [9.17, 15) is 14.4 Å². The molecule has 0 spiro atoms. The highest BCUT2D eigenvalue weighted by Gasteiger charge is 2.42. The lowest BCUT2D eigenvalue weighted by Crippen LogP contribution is -2.57. The molecule has 1 unspecified atom stereocenters. The Kier molecular flexibility index (Phi) is 5.19. The number of amides is 3. The van der Waals surface area contributed by atoms with Gasteiger partial charge in [0, 0.05) is 37.7 Å². The number of carbonyl (C=O) groups is 3. The zero-order valence-corrected chi connectivity index (χ0v) is 17.2. The second-order valence-corrected chi connectivity index (χ2v) is 8.90. The van der Waals surface area contributed by atoms with Gasteiger partial charge in [0.1, 0.15) is 0 Å². The van der Waals surface area contributed by atoms with E-state index in [2.05, 4.69) is 22.8 Å². The summed E-state index contributed by atoms with van der Waals surface area (Å²) in [7, 11) is 1.84. The first kappa shape index (κ1) is 19.7. The van der Waals surface area contributed by atoms with Gasteiger partial charge in [-0.2, -0.15) is 0 Å². The number of aryl methyl sites for hydroxylation is 1. The van der Waals surface area contributed by atoms with Crippen molar-refractivity contribution in [2.45, 2.75) is 57.5 Å². The monoisotopic (exact) mass is 395 g/mol. The summed E-state index contributed by atoms with van der Waals surface area (Å²) in [5.74, 6) is -0.0770. The maximum absolute atomic E-state index is 12.9. The summed E-state index contributed by atoms with van der Waals surface area (Å²) in [4.78, 5) is 39.0. The van der Waals surface area contributed by atoms with Crippen LogP contribution in [0.2, 0.25) is 0 Å². The van der Waals surface area contributed by atoms with Crippen LogP contribution in [0.3, 0.4) is 0 Å². The molecule has 1 aromatic rings. The minimum Gasteiger partial charge on any atom is -0.356 e. The first-order chi connectivity index (χ1) is 13.9. The molecule has 1 aliphatic heterocycles. The lowest BCUT2D eigenvalue weighted by molar-refractivity contribution is -0.139. The van der Waals surface area contributed by atoms with Crippen molar-refractivity contribution >= 4 is 23.8 Å². The number of nitrogens with zero attached hydrogens (tertiary/aromatic N) is 1. The quantitative estimate of drug-likeness (QED) is 0.821. The Balaban J connectivity index is 1.31. The normalized spacial score (nSPS) is 28.0. The third-order valence-electron chi connectivity index (χ3n) is 6.68. The summed E-state index contributed by atoms with van der Waals surface area (Å²) in [5.41, 5.74) is 2.53. The fourth-order valence-electron chi connectivity index (χ4n) is 4.49. The molecule has 4 rings (SSSR count). The molecule has 1 atom stereocenters. The molecule has 1 saturated heterocycles. The number of piperidine rings is 1. The molecule has 154 valence electrons. The highest BCUT2D eigenvalue weighted by atomic mass is 16.2. The minimum atomic E-state index is -0.632. The van der Waals surface area contributed by atoms with Crippen LogP contribution in [-0.4, -0.2) is 48.3 Å². The van der Waals surface area contributed by atoms with E-state index < -0.39 is 5.41 Å². The van der Waals surface area contributed by atoms with Crippen LogP contribution in [0.5, 0.6) is 0 Å². The molecule has 6 nitrogen and oxygen atoms in total. The van der Waals surface area contributed by atoms with Crippen LogP contribution in [0.15, 0.2) is 24.3 Å². The van der Waals surface area contributed by atoms with E-state index in [4.69, 9.17) is 0 Å². The van der Waals surface area contributed by atoms with Gasteiger partial charge < -0.3 is 15.5 Å². The molecule has 2 N–H and O–H groups in total. The predicted molar refractivity (Wildman–Crippen MR) is 111 cm³/mol. The molecule has 1 saturated carbocycles. The van der Waals surface area contributed by atoms with Crippen molar-refractivity contribution in [3.05, 3.63) is 41.0 Å². The van der Waals surface area contributed by atoms with Gasteiger partial charge in [-0.15, -0.1) is 0 Å². The van der Waals surface area contributed by atoms with Crippen LogP contribution in [-0.2, 0) is 16.0 Å². The summed E-state index contributed by atoms with van der Waals surface area (Å²) in [6, 6.07) is 6.14. The minimum absolute atomic E-state index is 0.0352. The van der Waals surface area contributed by atoms with Crippen LogP contribution in [0, 0.1) is 5.41 Å². The van der Waals surface area contributed by atoms with E-state index in [1.807, 2.05) is 32.2 Å². The molecular weight excluding hydrogens is 366 g/mol. The smallest absolute Gasteiger partial charge is 0.253 e. The first-order valence-electron chi connectivity index (χ1n) is 10.5. The maximum Gasteiger partial charge on any atom is 0.253 e. The highest BCUT2D eigenvalue weighted by Crippen LogP contribution is 2.32. The third kappa shape index (κ3) is 3.93. The Morgan fingerprint density at radius 2 is 2.07 bits per heavy atom. The number of rotatable bonds is 4. The number of carbonyl (C=O) groups excluding carboxylic acids is 3. The van der Waals surface area contributed by atoms with Crippen molar-refractivity contribution in [2.24, 2.45) is 5.41 Å². The van der Waals surface area contributed by atoms with E-state index in [1.165, 1.54) is 11.1 Å². The lowest BCUT2D eigenvalue weighted by atomic mass is 9.78. The van der Waals surface area contributed by atoms with E-state index >= 15 is 0 Å². The Morgan fingerprint density at radius 3 is 2.83 bits per heavy atom. The van der Waals surface area contributed by atoms with Crippen LogP contribution in [0.4, 0.5) is 0 Å². The number of nitrogens with one attached hydrogen (secondary N) is 2. The fraction of sp³-hybridized carbons (Fsp3) is 0.522. The molecule has 0 aromatic heterocycles. The largest absolute Gasteiger partial charge is 0.356 e. The number of allylic oxidation sites excluding steroid dienone is 1. The molecule has 6 heteroatoms. The third-order valence-corrected chi connectivity index (χ3v) is 6.68. The summed E-state index contributed by atoms with van der Waals surface area (Å²) < 4.78 is 0. The fourth-order valence-corrected chi connectivity index (χ4v) is 4.49. The number of hydrogen-bond donors (Lipinski definition) is 2. The standard InChI is InChI=1S/C23H29N3O3/c1-23(9-10-24-20(27)14-23)22(29)25-18-12-19(13-18)26(2)21(28)17-8-7-15-5-3-4-6-16(15)11-17/h3,5,7-8,11,18-19H,4,6,9-10,12-14H2,1-2H3,(H,24,27)(H,25,29). The van der Waals surface area contributed by atoms with Crippen molar-refractivity contribution < 1.29 is 14.4 Å². The lowest BCUT2D eigenvalue weighted by Gasteiger charge is -2.43. The molecule has 3 aliphatic rings. The summed E-state index contributed by atoms with van der Waals surface area (Å²) >= 11 is 0. The molecule has 1 aromatic carbocycles. The van der Waals surface area contributed by atoms with Crippen LogP contribution < -0.4 is 10.6 Å². The van der Waals surface area contributed by atoms with Gasteiger partial charge in [-0.1, -0.05) is 25.1 Å². The van der Waals surface area contributed by atoms with Crippen LogP contribution >= 0.6 is 0 Å². The van der Waals surface area contributed by atoms with E-state index in [-0.39, 0.29) is 36.2 Å². The van der Waals surface area contributed by atoms with Gasteiger partial charge in [0.2, 0.25) is 11.8 Å². The Bertz CT molecular complexity index is 872. The van der Waals surface area contributed by atoms with Gasteiger partial charge in [-0.3, -0.25) is 14.4 Å². The average molecular weight is 396 g/mol. The average Bonchev–Trinajstić information content (AvgIpc) is 2.68.